The summed E-state index contributed by atoms with van der Waals surface area (Å²) in [6, 6.07) is -0.236. The Morgan fingerprint density at radius 1 is 1.31 bits per heavy atom. The Bertz CT molecular complexity index is 247. The Labute approximate surface area is 97.7 Å². The number of hydrogen-bond acceptors (Lipinski definition) is 4. The molecule has 1 rings (SSSR count). The van der Waals surface area contributed by atoms with Crippen LogP contribution in [0, 0.1) is 5.92 Å². The molecule has 4 nitrogen and oxygen atoms in total. The van der Waals surface area contributed by atoms with Crippen LogP contribution in [0.2, 0.25) is 0 Å². The molecule has 0 aliphatic carbocycles. The molecule has 3 atom stereocenters. The zero-order chi connectivity index (χ0) is 12.3. The molecule has 1 N–H and O–H groups in total. The zero-order valence-corrected chi connectivity index (χ0v) is 10.9. The molecule has 1 heterocycles. The molecule has 1 aliphatic heterocycles. The van der Waals surface area contributed by atoms with Gasteiger partial charge >= 0.3 is 5.97 Å². The molecule has 0 aromatic heterocycles. The van der Waals surface area contributed by atoms with Crippen molar-refractivity contribution in [2.45, 2.75) is 58.4 Å². The first-order valence-electron chi connectivity index (χ1n) is 5.85. The Balaban J connectivity index is 2.52. The van der Waals surface area contributed by atoms with Gasteiger partial charge in [0.25, 0.3) is 0 Å². The van der Waals surface area contributed by atoms with Crippen LogP contribution in [0.4, 0.5) is 0 Å². The lowest BCUT2D eigenvalue weighted by Gasteiger charge is -2.34. The molecule has 0 spiro atoms. The first-order chi connectivity index (χ1) is 7.33. The molecular weight excluding hydrogens is 206 g/mol. The van der Waals surface area contributed by atoms with Crippen molar-refractivity contribution in [1.82, 2.24) is 5.32 Å². The van der Waals surface area contributed by atoms with Gasteiger partial charge in [-0.1, -0.05) is 6.92 Å². The average Bonchev–Trinajstić information content (AvgIpc) is 2.15. The summed E-state index contributed by atoms with van der Waals surface area (Å²) in [5.74, 6) is 0.255. The van der Waals surface area contributed by atoms with Gasteiger partial charge in [-0.15, -0.1) is 0 Å². The van der Waals surface area contributed by atoms with E-state index in [2.05, 4.69) is 12.2 Å². The van der Waals surface area contributed by atoms with Crippen LogP contribution in [0.15, 0.2) is 0 Å². The SMILES string of the molecule is COC1NC(C(=O)OC(C)(C)C)CCC1C. The molecule has 4 heteroatoms. The van der Waals surface area contributed by atoms with E-state index in [4.69, 9.17) is 9.47 Å². The fourth-order valence-corrected chi connectivity index (χ4v) is 1.89. The summed E-state index contributed by atoms with van der Waals surface area (Å²) < 4.78 is 10.6. The minimum Gasteiger partial charge on any atom is -0.459 e. The van der Waals surface area contributed by atoms with E-state index in [-0.39, 0.29) is 18.2 Å². The number of rotatable bonds is 2. The van der Waals surface area contributed by atoms with E-state index in [1.807, 2.05) is 20.8 Å². The Hall–Kier alpha value is -0.610. The highest BCUT2D eigenvalue weighted by Crippen LogP contribution is 2.21. The zero-order valence-electron chi connectivity index (χ0n) is 10.9. The van der Waals surface area contributed by atoms with E-state index in [1.54, 1.807) is 7.11 Å². The van der Waals surface area contributed by atoms with Crippen molar-refractivity contribution in [3.63, 3.8) is 0 Å². The maximum atomic E-state index is 11.8. The standard InChI is InChI=1S/C12H23NO3/c1-8-6-7-9(13-10(8)15-5)11(14)16-12(2,3)4/h8-10,13H,6-7H2,1-5H3. The largest absolute Gasteiger partial charge is 0.459 e. The first-order valence-corrected chi connectivity index (χ1v) is 5.85. The number of carbonyl (C=O) groups is 1. The van der Waals surface area contributed by atoms with Crippen molar-refractivity contribution in [2.75, 3.05) is 7.11 Å². The van der Waals surface area contributed by atoms with Crippen molar-refractivity contribution < 1.29 is 14.3 Å². The highest BCUT2D eigenvalue weighted by molar-refractivity contribution is 5.76. The number of esters is 1. The number of methoxy groups -OCH3 is 1. The van der Waals surface area contributed by atoms with E-state index in [0.29, 0.717) is 5.92 Å². The number of piperidine rings is 1. The third-order valence-electron chi connectivity index (χ3n) is 2.74. The summed E-state index contributed by atoms with van der Waals surface area (Å²) in [6.07, 6.45) is 1.75. The molecule has 3 unspecified atom stereocenters. The lowest BCUT2D eigenvalue weighted by atomic mass is 9.94. The lowest BCUT2D eigenvalue weighted by Crippen LogP contribution is -2.52. The van der Waals surface area contributed by atoms with E-state index in [0.717, 1.165) is 12.8 Å². The quantitative estimate of drug-likeness (QED) is 0.732. The minimum absolute atomic E-state index is 0.0498. The summed E-state index contributed by atoms with van der Waals surface area (Å²) in [5, 5.41) is 3.18. The van der Waals surface area contributed by atoms with Gasteiger partial charge in [0, 0.05) is 7.11 Å². The van der Waals surface area contributed by atoms with Crippen molar-refractivity contribution in [3.05, 3.63) is 0 Å². The number of nitrogens with one attached hydrogen (secondary N) is 1. The summed E-state index contributed by atoms with van der Waals surface area (Å²) in [4.78, 5) is 11.8. The van der Waals surface area contributed by atoms with Gasteiger partial charge in [0.05, 0.1) is 0 Å². The maximum Gasteiger partial charge on any atom is 0.323 e. The molecule has 0 amide bonds. The second kappa shape index (κ2) is 5.15. The number of carbonyl (C=O) groups excluding carboxylic acids is 1. The normalized spacial score (nSPS) is 31.2. The highest BCUT2D eigenvalue weighted by Gasteiger charge is 2.33. The Morgan fingerprint density at radius 3 is 2.44 bits per heavy atom. The summed E-state index contributed by atoms with van der Waals surface area (Å²) in [5.41, 5.74) is -0.426. The Morgan fingerprint density at radius 2 is 1.94 bits per heavy atom. The highest BCUT2D eigenvalue weighted by atomic mass is 16.6. The molecule has 0 saturated carbocycles. The molecule has 1 aliphatic rings. The van der Waals surface area contributed by atoms with Crippen molar-refractivity contribution in [2.24, 2.45) is 5.92 Å². The van der Waals surface area contributed by atoms with Gasteiger partial charge in [-0.05, 0) is 39.5 Å². The van der Waals surface area contributed by atoms with Crippen LogP contribution in [-0.4, -0.2) is 30.9 Å². The van der Waals surface area contributed by atoms with Crippen molar-refractivity contribution in [3.8, 4) is 0 Å². The molecule has 0 aromatic carbocycles. The molecular formula is C12H23NO3. The topological polar surface area (TPSA) is 47.6 Å². The fraction of sp³-hybridized carbons (Fsp3) is 0.917. The van der Waals surface area contributed by atoms with Crippen LogP contribution in [0.25, 0.3) is 0 Å². The lowest BCUT2D eigenvalue weighted by molar-refractivity contribution is -0.161. The van der Waals surface area contributed by atoms with Crippen molar-refractivity contribution >= 4 is 5.97 Å². The van der Waals surface area contributed by atoms with Crippen LogP contribution in [0.3, 0.4) is 0 Å². The van der Waals surface area contributed by atoms with Gasteiger partial charge in [0.15, 0.2) is 0 Å². The second-order valence-electron chi connectivity index (χ2n) is 5.46. The van der Waals surface area contributed by atoms with Crippen LogP contribution in [-0.2, 0) is 14.3 Å². The van der Waals surface area contributed by atoms with Gasteiger partial charge in [0.1, 0.15) is 17.9 Å². The molecule has 0 aromatic rings. The summed E-state index contributed by atoms with van der Waals surface area (Å²) >= 11 is 0. The van der Waals surface area contributed by atoms with E-state index < -0.39 is 5.60 Å². The number of hydrogen-bond donors (Lipinski definition) is 1. The van der Waals surface area contributed by atoms with Crippen molar-refractivity contribution in [1.29, 1.82) is 0 Å². The van der Waals surface area contributed by atoms with Gasteiger partial charge < -0.3 is 9.47 Å². The van der Waals surface area contributed by atoms with Crippen LogP contribution < -0.4 is 5.32 Å². The predicted octanol–water partition coefficient (Wildman–Crippen LogP) is 1.69. The molecule has 1 saturated heterocycles. The Kier molecular flexibility index (Phi) is 4.33. The number of ether oxygens (including phenoxy) is 2. The third kappa shape index (κ3) is 3.76. The molecule has 94 valence electrons. The monoisotopic (exact) mass is 229 g/mol. The summed E-state index contributed by atoms with van der Waals surface area (Å²) in [7, 11) is 1.66. The van der Waals surface area contributed by atoms with Gasteiger partial charge in [0.2, 0.25) is 0 Å². The van der Waals surface area contributed by atoms with Gasteiger partial charge in [-0.3, -0.25) is 10.1 Å². The molecule has 1 fully saturated rings. The average molecular weight is 229 g/mol. The minimum atomic E-state index is -0.426. The van der Waals surface area contributed by atoms with Gasteiger partial charge in [-0.25, -0.2) is 0 Å². The van der Waals surface area contributed by atoms with Crippen LogP contribution >= 0.6 is 0 Å². The van der Waals surface area contributed by atoms with Crippen LogP contribution in [0.1, 0.15) is 40.5 Å². The third-order valence-corrected chi connectivity index (χ3v) is 2.74. The fourth-order valence-electron chi connectivity index (χ4n) is 1.89. The van der Waals surface area contributed by atoms with E-state index in [1.165, 1.54) is 0 Å². The first kappa shape index (κ1) is 13.5. The molecule has 16 heavy (non-hydrogen) atoms. The van der Waals surface area contributed by atoms with E-state index in [9.17, 15) is 4.79 Å². The van der Waals surface area contributed by atoms with E-state index >= 15 is 0 Å². The van der Waals surface area contributed by atoms with Gasteiger partial charge in [-0.2, -0.15) is 0 Å². The maximum absolute atomic E-state index is 11.8. The molecule has 0 bridgehead atoms. The van der Waals surface area contributed by atoms with Crippen LogP contribution in [0.5, 0.6) is 0 Å². The second-order valence-corrected chi connectivity index (χ2v) is 5.46. The molecule has 0 radical (unpaired) electrons. The smallest absolute Gasteiger partial charge is 0.323 e. The summed E-state index contributed by atoms with van der Waals surface area (Å²) in [6.45, 7) is 7.75. The predicted molar refractivity (Wildman–Crippen MR) is 62.0 cm³/mol.